The monoisotopic (exact) mass is 562 g/mol. The van der Waals surface area contributed by atoms with Crippen molar-refractivity contribution < 1.29 is 18.8 Å². The summed E-state index contributed by atoms with van der Waals surface area (Å²) in [6.45, 7) is 8.26. The number of fused-ring (bicyclic) bond motifs is 1. The van der Waals surface area contributed by atoms with Crippen LogP contribution in [0.5, 0.6) is 5.75 Å². The Balaban J connectivity index is 1.75. The van der Waals surface area contributed by atoms with Crippen molar-refractivity contribution in [3.05, 3.63) is 57.1 Å². The molecule has 2 aromatic carbocycles. The van der Waals surface area contributed by atoms with Crippen molar-refractivity contribution in [3.8, 4) is 5.75 Å². The summed E-state index contributed by atoms with van der Waals surface area (Å²) < 4.78 is 20.6. The van der Waals surface area contributed by atoms with Crippen LogP contribution in [0.1, 0.15) is 27.2 Å². The molecule has 1 unspecified atom stereocenters. The summed E-state index contributed by atoms with van der Waals surface area (Å²) in [5, 5.41) is 17.8. The fraction of sp³-hybridized carbons (Fsp3) is 0.375. The molecule has 0 aliphatic rings. The van der Waals surface area contributed by atoms with E-state index in [0.29, 0.717) is 28.3 Å². The molecule has 1 atom stereocenters. The molecule has 0 saturated heterocycles. The molecule has 1 amide bonds. The summed E-state index contributed by atoms with van der Waals surface area (Å²) in [7, 11) is 0. The molecule has 0 aliphatic heterocycles. The van der Waals surface area contributed by atoms with E-state index < -0.39 is 10.7 Å². The van der Waals surface area contributed by atoms with Crippen LogP contribution in [0.2, 0.25) is 0 Å². The van der Waals surface area contributed by atoms with Gasteiger partial charge in [0.05, 0.1) is 27.6 Å². The lowest BCUT2D eigenvalue weighted by Gasteiger charge is -2.19. The maximum Gasteiger partial charge on any atom is 0.311 e. The maximum absolute atomic E-state index is 14.3. The molecule has 12 heteroatoms. The zero-order valence-corrected chi connectivity index (χ0v) is 21.8. The zero-order valence-electron chi connectivity index (χ0n) is 20.3. The fourth-order valence-corrected chi connectivity index (χ4v) is 3.88. The molecule has 3 rings (SSSR count). The third kappa shape index (κ3) is 7.08. The van der Waals surface area contributed by atoms with Gasteiger partial charge >= 0.3 is 5.69 Å². The minimum absolute atomic E-state index is 0.0104. The largest absolute Gasteiger partial charge is 0.485 e. The van der Waals surface area contributed by atoms with Crippen LogP contribution in [0.4, 0.5) is 21.6 Å². The number of anilines is 2. The molecule has 0 aliphatic carbocycles. The smallest absolute Gasteiger partial charge is 0.311 e. The Morgan fingerprint density at radius 2 is 2.00 bits per heavy atom. The first-order valence-corrected chi connectivity index (χ1v) is 12.3. The van der Waals surface area contributed by atoms with Gasteiger partial charge < -0.3 is 20.3 Å². The highest BCUT2D eigenvalue weighted by Gasteiger charge is 2.21. The van der Waals surface area contributed by atoms with Gasteiger partial charge in [0.15, 0.2) is 5.75 Å². The Kier molecular flexibility index (Phi) is 9.48. The Hall–Kier alpha value is -3.38. The van der Waals surface area contributed by atoms with Gasteiger partial charge in [0.1, 0.15) is 24.6 Å². The number of halogens is 2. The number of amides is 1. The van der Waals surface area contributed by atoms with Gasteiger partial charge in [-0.05, 0) is 38.2 Å². The number of aromatic nitrogens is 2. The van der Waals surface area contributed by atoms with Crippen LogP contribution >= 0.6 is 15.9 Å². The minimum atomic E-state index is -0.570. The third-order valence-electron chi connectivity index (χ3n) is 5.54. The number of nitrogens with zero attached hydrogens (tertiary/aromatic N) is 4. The second-order valence-corrected chi connectivity index (χ2v) is 9.04. The summed E-state index contributed by atoms with van der Waals surface area (Å²) in [6.07, 6.45) is 1.63. The third-order valence-corrected chi connectivity index (χ3v) is 6.04. The SMILES string of the molecule is CCN(CC)CCC(=O)NC(C)COc1cc2ncnc(Nc3ccc(Br)cc3F)c2cc1[N+](=O)[O-]. The summed E-state index contributed by atoms with van der Waals surface area (Å²) >= 11 is 3.20. The van der Waals surface area contributed by atoms with Gasteiger partial charge in [-0.1, -0.05) is 29.8 Å². The summed E-state index contributed by atoms with van der Waals surface area (Å²) in [6, 6.07) is 6.84. The van der Waals surface area contributed by atoms with Gasteiger partial charge in [-0.25, -0.2) is 14.4 Å². The van der Waals surface area contributed by atoms with Crippen molar-refractivity contribution in [1.29, 1.82) is 0 Å². The number of carbonyl (C=O) groups excluding carboxylic acids is 1. The van der Waals surface area contributed by atoms with E-state index in [1.54, 1.807) is 13.0 Å². The molecule has 10 nitrogen and oxygen atoms in total. The molecule has 0 bridgehead atoms. The van der Waals surface area contributed by atoms with E-state index in [4.69, 9.17) is 4.74 Å². The molecule has 2 N–H and O–H groups in total. The molecular weight excluding hydrogens is 535 g/mol. The van der Waals surface area contributed by atoms with Gasteiger partial charge in [-0.3, -0.25) is 14.9 Å². The highest BCUT2D eigenvalue weighted by Crippen LogP contribution is 2.35. The van der Waals surface area contributed by atoms with Crippen LogP contribution in [0.15, 0.2) is 41.1 Å². The lowest BCUT2D eigenvalue weighted by molar-refractivity contribution is -0.385. The lowest BCUT2D eigenvalue weighted by Crippen LogP contribution is -2.38. The second kappa shape index (κ2) is 12.5. The van der Waals surface area contributed by atoms with Crippen LogP contribution in [-0.4, -0.2) is 58.0 Å². The molecule has 0 spiro atoms. The fourth-order valence-electron chi connectivity index (χ4n) is 3.55. The van der Waals surface area contributed by atoms with E-state index in [1.165, 1.54) is 30.6 Å². The molecule has 1 aromatic heterocycles. The molecule has 0 fully saturated rings. The number of nitro groups is 1. The predicted octanol–water partition coefficient (Wildman–Crippen LogP) is 4.80. The number of nitrogens with one attached hydrogen (secondary N) is 2. The molecule has 36 heavy (non-hydrogen) atoms. The van der Waals surface area contributed by atoms with E-state index in [1.807, 2.05) is 13.8 Å². The Labute approximate surface area is 216 Å². The van der Waals surface area contributed by atoms with Gasteiger partial charge in [0.2, 0.25) is 5.91 Å². The maximum atomic E-state index is 14.3. The number of nitro benzene ring substituents is 1. The molecule has 192 valence electrons. The first kappa shape index (κ1) is 27.2. The number of benzene rings is 2. The molecule has 0 saturated carbocycles. The van der Waals surface area contributed by atoms with E-state index in [0.717, 1.165) is 13.1 Å². The first-order valence-electron chi connectivity index (χ1n) is 11.5. The average molecular weight is 563 g/mol. The molecule has 3 aromatic rings. The van der Waals surface area contributed by atoms with Crippen molar-refractivity contribution in [2.45, 2.75) is 33.2 Å². The van der Waals surface area contributed by atoms with E-state index >= 15 is 0 Å². The van der Waals surface area contributed by atoms with Gasteiger partial charge in [0.25, 0.3) is 0 Å². The van der Waals surface area contributed by atoms with Crippen LogP contribution in [-0.2, 0) is 4.79 Å². The lowest BCUT2D eigenvalue weighted by atomic mass is 10.2. The quantitative estimate of drug-likeness (QED) is 0.238. The van der Waals surface area contributed by atoms with Crippen molar-refractivity contribution in [2.24, 2.45) is 0 Å². The summed E-state index contributed by atoms with van der Waals surface area (Å²) in [5.41, 5.74) is 0.241. The number of hydrogen-bond acceptors (Lipinski definition) is 8. The van der Waals surface area contributed by atoms with Crippen molar-refractivity contribution in [1.82, 2.24) is 20.2 Å². The predicted molar refractivity (Wildman–Crippen MR) is 139 cm³/mol. The zero-order chi connectivity index (χ0) is 26.2. The first-order chi connectivity index (χ1) is 17.2. The molecule has 0 radical (unpaired) electrons. The summed E-state index contributed by atoms with van der Waals surface area (Å²) in [4.78, 5) is 33.9. The van der Waals surface area contributed by atoms with E-state index in [9.17, 15) is 19.3 Å². The van der Waals surface area contributed by atoms with Crippen molar-refractivity contribution in [2.75, 3.05) is 31.6 Å². The highest BCUT2D eigenvalue weighted by molar-refractivity contribution is 9.10. The van der Waals surface area contributed by atoms with Crippen LogP contribution in [0.3, 0.4) is 0 Å². The van der Waals surface area contributed by atoms with Crippen molar-refractivity contribution >= 4 is 49.9 Å². The molecular formula is C24H28BrFN6O4. The molecule has 1 heterocycles. The number of rotatable bonds is 12. The topological polar surface area (TPSA) is 123 Å². The van der Waals surface area contributed by atoms with Crippen LogP contribution < -0.4 is 15.4 Å². The minimum Gasteiger partial charge on any atom is -0.485 e. The number of ether oxygens (including phenoxy) is 1. The van der Waals surface area contributed by atoms with Crippen molar-refractivity contribution in [3.63, 3.8) is 0 Å². The Morgan fingerprint density at radius 3 is 2.67 bits per heavy atom. The van der Waals surface area contributed by atoms with Crippen LogP contribution in [0, 0.1) is 15.9 Å². The second-order valence-electron chi connectivity index (χ2n) is 8.12. The van der Waals surface area contributed by atoms with Gasteiger partial charge in [-0.2, -0.15) is 0 Å². The Bertz CT molecular complexity index is 1240. The standard InChI is InChI=1S/C24H28BrFN6O4/c1-4-31(5-2)9-8-23(33)29-15(3)13-36-22-12-20-17(11-21(22)32(34)35)24(28-14-27-20)30-19-7-6-16(25)10-18(19)26/h6-7,10-12,14-15H,4-5,8-9,13H2,1-3H3,(H,29,33)(H,27,28,30). The summed E-state index contributed by atoms with van der Waals surface area (Å²) in [5.74, 6) is -0.408. The van der Waals surface area contributed by atoms with E-state index in [2.05, 4.69) is 41.4 Å². The normalized spacial score (nSPS) is 11.9. The van der Waals surface area contributed by atoms with Gasteiger partial charge in [0, 0.05) is 29.6 Å². The highest BCUT2D eigenvalue weighted by atomic mass is 79.9. The van der Waals surface area contributed by atoms with E-state index in [-0.39, 0.29) is 41.5 Å². The number of hydrogen-bond donors (Lipinski definition) is 2. The average Bonchev–Trinajstić information content (AvgIpc) is 2.84. The van der Waals surface area contributed by atoms with Crippen LogP contribution in [0.25, 0.3) is 10.9 Å². The van der Waals surface area contributed by atoms with Gasteiger partial charge in [-0.15, -0.1) is 0 Å². The number of carbonyl (C=O) groups is 1. The Morgan fingerprint density at radius 1 is 1.25 bits per heavy atom.